The minimum absolute atomic E-state index is 0.325. The SMILES string of the molecule is CC(C(=O)N1CCCCC1c1ncc(-c2ccccc2)[nH]1)C(F)(F)F. The second kappa shape index (κ2) is 6.90. The van der Waals surface area contributed by atoms with E-state index in [-0.39, 0.29) is 0 Å². The van der Waals surface area contributed by atoms with Crippen LogP contribution < -0.4 is 0 Å². The average Bonchev–Trinajstić information content (AvgIpc) is 3.10. The molecule has 2 aromatic rings. The Labute approximate surface area is 144 Å². The van der Waals surface area contributed by atoms with Crippen molar-refractivity contribution in [2.45, 2.75) is 38.4 Å². The maximum atomic E-state index is 12.9. The number of likely N-dealkylation sites (tertiary alicyclic amines) is 1. The lowest BCUT2D eigenvalue weighted by Crippen LogP contribution is -2.45. The Balaban J connectivity index is 1.84. The summed E-state index contributed by atoms with van der Waals surface area (Å²) in [5.41, 5.74) is 1.73. The third kappa shape index (κ3) is 3.70. The van der Waals surface area contributed by atoms with Gasteiger partial charge in [-0.2, -0.15) is 13.2 Å². The molecule has 7 heteroatoms. The smallest absolute Gasteiger partial charge is 0.340 e. The summed E-state index contributed by atoms with van der Waals surface area (Å²) < 4.78 is 38.8. The number of amides is 1. The summed E-state index contributed by atoms with van der Waals surface area (Å²) in [6.07, 6.45) is -0.695. The number of hydrogen-bond donors (Lipinski definition) is 1. The van der Waals surface area contributed by atoms with Crippen molar-refractivity contribution in [2.75, 3.05) is 6.54 Å². The molecule has 2 atom stereocenters. The number of rotatable bonds is 3. The number of nitrogens with zero attached hydrogens (tertiary/aromatic N) is 2. The summed E-state index contributed by atoms with van der Waals surface area (Å²) in [5.74, 6) is -2.34. The Morgan fingerprint density at radius 3 is 2.68 bits per heavy atom. The number of nitrogens with one attached hydrogen (secondary N) is 1. The monoisotopic (exact) mass is 351 g/mol. The Hall–Kier alpha value is -2.31. The Kier molecular flexibility index (Phi) is 4.83. The van der Waals surface area contributed by atoms with Gasteiger partial charge in [-0.25, -0.2) is 4.98 Å². The molecule has 4 nitrogen and oxygen atoms in total. The van der Waals surface area contributed by atoms with Crippen molar-refractivity contribution in [3.8, 4) is 11.3 Å². The van der Waals surface area contributed by atoms with Crippen molar-refractivity contribution < 1.29 is 18.0 Å². The number of carbonyl (C=O) groups excluding carboxylic acids is 1. The highest BCUT2D eigenvalue weighted by molar-refractivity contribution is 5.79. The van der Waals surface area contributed by atoms with Crippen LogP contribution in [0.4, 0.5) is 13.2 Å². The van der Waals surface area contributed by atoms with E-state index in [1.807, 2.05) is 30.3 Å². The van der Waals surface area contributed by atoms with Gasteiger partial charge in [-0.15, -0.1) is 0 Å². The Bertz CT molecular complexity index is 727. The summed E-state index contributed by atoms with van der Waals surface area (Å²) in [6.45, 7) is 1.25. The minimum Gasteiger partial charge on any atom is -0.340 e. The van der Waals surface area contributed by atoms with E-state index in [1.165, 1.54) is 4.90 Å². The topological polar surface area (TPSA) is 49.0 Å². The van der Waals surface area contributed by atoms with Gasteiger partial charge in [-0.05, 0) is 31.7 Å². The zero-order valence-corrected chi connectivity index (χ0v) is 13.9. The first-order valence-electron chi connectivity index (χ1n) is 8.35. The molecule has 1 aromatic carbocycles. The normalized spacial score (nSPS) is 19.7. The number of aromatic amines is 1. The minimum atomic E-state index is -4.53. The van der Waals surface area contributed by atoms with Crippen molar-refractivity contribution in [1.82, 2.24) is 14.9 Å². The predicted octanol–water partition coefficient (Wildman–Crippen LogP) is 4.33. The summed E-state index contributed by atoms with van der Waals surface area (Å²) in [5, 5.41) is 0. The van der Waals surface area contributed by atoms with E-state index >= 15 is 0 Å². The zero-order valence-electron chi connectivity index (χ0n) is 13.9. The van der Waals surface area contributed by atoms with Crippen molar-refractivity contribution in [3.05, 3.63) is 42.4 Å². The number of halogens is 3. The Morgan fingerprint density at radius 2 is 2.00 bits per heavy atom. The molecule has 0 saturated carbocycles. The van der Waals surface area contributed by atoms with Gasteiger partial charge < -0.3 is 9.88 Å². The van der Waals surface area contributed by atoms with Gasteiger partial charge in [0.1, 0.15) is 11.7 Å². The van der Waals surface area contributed by atoms with Crippen LogP contribution in [0.2, 0.25) is 0 Å². The fourth-order valence-corrected chi connectivity index (χ4v) is 3.14. The van der Waals surface area contributed by atoms with Gasteiger partial charge in [0.25, 0.3) is 0 Å². The van der Waals surface area contributed by atoms with Crippen molar-refractivity contribution in [1.29, 1.82) is 0 Å². The zero-order chi connectivity index (χ0) is 18.0. The molecule has 2 heterocycles. The second-order valence-corrected chi connectivity index (χ2v) is 6.35. The van der Waals surface area contributed by atoms with Crippen LogP contribution in [0.1, 0.15) is 38.1 Å². The van der Waals surface area contributed by atoms with Crippen LogP contribution in [0.5, 0.6) is 0 Å². The number of benzene rings is 1. The van der Waals surface area contributed by atoms with Gasteiger partial charge >= 0.3 is 6.18 Å². The first-order valence-corrected chi connectivity index (χ1v) is 8.35. The molecule has 1 N–H and O–H groups in total. The molecule has 0 aliphatic carbocycles. The van der Waals surface area contributed by atoms with Gasteiger partial charge in [0.05, 0.1) is 17.9 Å². The van der Waals surface area contributed by atoms with Crippen LogP contribution in [0.3, 0.4) is 0 Å². The van der Waals surface area contributed by atoms with E-state index in [2.05, 4.69) is 9.97 Å². The summed E-state index contributed by atoms with van der Waals surface area (Å²) in [4.78, 5) is 21.2. The maximum absolute atomic E-state index is 12.9. The number of aromatic nitrogens is 2. The van der Waals surface area contributed by atoms with E-state index in [0.29, 0.717) is 25.2 Å². The van der Waals surface area contributed by atoms with Crippen LogP contribution in [0, 0.1) is 5.92 Å². The van der Waals surface area contributed by atoms with Crippen molar-refractivity contribution >= 4 is 5.91 Å². The van der Waals surface area contributed by atoms with Gasteiger partial charge in [0, 0.05) is 6.54 Å². The molecule has 1 saturated heterocycles. The standard InChI is InChI=1S/C18H20F3N3O/c1-12(18(19,20)21)17(25)24-10-6-5-9-15(24)16-22-11-14(23-16)13-7-3-2-4-8-13/h2-4,7-8,11-12,15H,5-6,9-10H2,1H3,(H,22,23). The molecule has 1 aliphatic rings. The lowest BCUT2D eigenvalue weighted by molar-refractivity contribution is -0.187. The number of alkyl halides is 3. The van der Waals surface area contributed by atoms with Crippen LogP contribution in [-0.2, 0) is 4.79 Å². The first kappa shape index (κ1) is 17.5. The molecular formula is C18H20F3N3O. The van der Waals surface area contributed by atoms with Crippen LogP contribution in [-0.4, -0.2) is 33.5 Å². The van der Waals surface area contributed by atoms with Crippen LogP contribution >= 0.6 is 0 Å². The van der Waals surface area contributed by atoms with Gasteiger partial charge in [0.15, 0.2) is 0 Å². The summed E-state index contributed by atoms with van der Waals surface area (Å²) in [6, 6.07) is 9.11. The van der Waals surface area contributed by atoms with E-state index in [0.717, 1.165) is 24.6 Å². The highest BCUT2D eigenvalue weighted by atomic mass is 19.4. The van der Waals surface area contributed by atoms with E-state index < -0.39 is 24.0 Å². The molecular weight excluding hydrogens is 331 g/mol. The largest absolute Gasteiger partial charge is 0.400 e. The molecule has 1 aromatic heterocycles. The third-order valence-electron chi connectivity index (χ3n) is 4.64. The third-order valence-corrected chi connectivity index (χ3v) is 4.64. The highest BCUT2D eigenvalue weighted by Gasteiger charge is 2.45. The molecule has 25 heavy (non-hydrogen) atoms. The highest BCUT2D eigenvalue weighted by Crippen LogP contribution is 2.35. The van der Waals surface area contributed by atoms with Crippen molar-refractivity contribution in [2.24, 2.45) is 5.92 Å². The molecule has 1 aliphatic heterocycles. The Morgan fingerprint density at radius 1 is 1.28 bits per heavy atom. The van der Waals surface area contributed by atoms with Gasteiger partial charge in [-0.3, -0.25) is 4.79 Å². The fourth-order valence-electron chi connectivity index (χ4n) is 3.14. The lowest BCUT2D eigenvalue weighted by atomic mass is 9.99. The lowest BCUT2D eigenvalue weighted by Gasteiger charge is -2.36. The van der Waals surface area contributed by atoms with E-state index in [1.54, 1.807) is 6.20 Å². The van der Waals surface area contributed by atoms with Crippen molar-refractivity contribution in [3.63, 3.8) is 0 Å². The molecule has 0 bridgehead atoms. The first-order chi connectivity index (χ1) is 11.9. The summed E-state index contributed by atoms with van der Waals surface area (Å²) in [7, 11) is 0. The molecule has 0 spiro atoms. The quantitative estimate of drug-likeness (QED) is 0.895. The maximum Gasteiger partial charge on any atom is 0.400 e. The van der Waals surface area contributed by atoms with E-state index in [4.69, 9.17) is 0 Å². The molecule has 1 fully saturated rings. The average molecular weight is 351 g/mol. The van der Waals surface area contributed by atoms with Crippen LogP contribution in [0.15, 0.2) is 36.5 Å². The number of carbonyl (C=O) groups is 1. The van der Waals surface area contributed by atoms with Crippen LogP contribution in [0.25, 0.3) is 11.3 Å². The number of hydrogen-bond acceptors (Lipinski definition) is 2. The number of piperidine rings is 1. The van der Waals surface area contributed by atoms with Gasteiger partial charge in [0.2, 0.25) is 5.91 Å². The number of imidazole rings is 1. The summed E-state index contributed by atoms with van der Waals surface area (Å²) >= 11 is 0. The molecule has 134 valence electrons. The fraction of sp³-hybridized carbons (Fsp3) is 0.444. The van der Waals surface area contributed by atoms with E-state index in [9.17, 15) is 18.0 Å². The number of H-pyrrole nitrogens is 1. The molecule has 3 rings (SSSR count). The molecule has 0 radical (unpaired) electrons. The molecule has 1 amide bonds. The van der Waals surface area contributed by atoms with Gasteiger partial charge in [-0.1, -0.05) is 30.3 Å². The second-order valence-electron chi connectivity index (χ2n) is 6.35. The predicted molar refractivity (Wildman–Crippen MR) is 87.5 cm³/mol. The molecule has 2 unspecified atom stereocenters.